The summed E-state index contributed by atoms with van der Waals surface area (Å²) < 4.78 is 86.6. The third-order valence-electron chi connectivity index (χ3n) is 18.4. The SMILES string of the molecule is O=S(=O)([O-])c1c(-c2ccccc2)c2c(-c3ccccc3)c3nc(cc4ccc(cc5nc(cc1n2-c1ccccc1)C=C5)[nH]4)C=C3c1ccccc1.O=S(=O)([O-])c1c(-c2ccccc2)c2c(-c3ccccc3)c3nc(cc4ccc(cc5nc(cc1n2-c1ccccc1)C=C5)[nH]4)C=C3c1ccccc1.[Fe+2]. The van der Waals surface area contributed by atoms with Crippen molar-refractivity contribution < 1.29 is 43.0 Å². The van der Waals surface area contributed by atoms with Gasteiger partial charge in [-0.3, -0.25) is 0 Å². The number of hydrogen-bond donors (Lipinski definition) is 2. The third kappa shape index (κ3) is 13.1. The predicted octanol–water partition coefficient (Wildman–Crippen LogP) is 19.5. The first-order valence-electron chi connectivity index (χ1n) is 33.6. The molecule has 16 bridgehead atoms. The van der Waals surface area contributed by atoms with Gasteiger partial charge in [0.05, 0.1) is 77.4 Å². The van der Waals surface area contributed by atoms with Crippen LogP contribution in [0.15, 0.2) is 313 Å². The standard InChI is InChI=1S/2C44H30N4O3S.Fe/c2*49-52(50,51)44-39-28-35-24-23-33(46-35)25-32-21-22-34(45-32)26-36-27-38(29-13-5-1-6-14-29)42(47-36)40(30-15-7-2-8-16-30)43(41(44)31-17-9-3-10-18-31)48(39)37-19-11-4-12-20-37;/h2*1-28,45H,(H,49,50,51);/q;;+2/p-2. The Kier molecular flexibility index (Phi) is 17.8. The molecule has 18 rings (SSSR count). The van der Waals surface area contributed by atoms with E-state index in [9.17, 15) is 25.9 Å². The van der Waals surface area contributed by atoms with Crippen LogP contribution in [0.2, 0.25) is 0 Å². The molecule has 0 amide bonds. The molecule has 14 aromatic rings. The number of rotatable bonds is 10. The third-order valence-corrected chi connectivity index (χ3v) is 20.2. The van der Waals surface area contributed by atoms with Crippen LogP contribution in [-0.4, -0.2) is 65.0 Å². The minimum absolute atomic E-state index is 0. The Morgan fingerprint density at radius 2 is 0.543 bits per heavy atom. The number of aromatic amines is 2. The molecule has 0 fully saturated rings. The molecule has 0 radical (unpaired) electrons. The van der Waals surface area contributed by atoms with Crippen molar-refractivity contribution in [3.8, 4) is 55.9 Å². The van der Waals surface area contributed by atoms with Gasteiger partial charge < -0.3 is 28.2 Å². The summed E-state index contributed by atoms with van der Waals surface area (Å²) in [6.07, 6.45) is 11.5. The Hall–Kier alpha value is -12.7. The van der Waals surface area contributed by atoms with Crippen LogP contribution >= 0.6 is 0 Å². The fraction of sp³-hybridized carbons (Fsp3) is 0. The molecule has 2 N–H and O–H groups in total. The molecular weight excluding hydrogens is 1380 g/mol. The first kappa shape index (κ1) is 66.8. The molecule has 0 unspecified atom stereocenters. The average molecular weight is 1440 g/mol. The number of benzene rings is 8. The number of hydrogen-bond acceptors (Lipinski definition) is 10. The molecule has 0 saturated carbocycles. The Morgan fingerprint density at radius 3 is 0.838 bits per heavy atom. The van der Waals surface area contributed by atoms with Gasteiger partial charge in [0.25, 0.3) is 0 Å². The van der Waals surface area contributed by atoms with Crippen molar-refractivity contribution in [3.63, 3.8) is 0 Å². The summed E-state index contributed by atoms with van der Waals surface area (Å²) in [6.45, 7) is 0. The van der Waals surface area contributed by atoms with E-state index in [1.165, 1.54) is 0 Å². The number of fused-ring (bicyclic) bond motifs is 16. The predicted molar refractivity (Wildman–Crippen MR) is 414 cm³/mol. The zero-order valence-corrected chi connectivity index (χ0v) is 58.4. The van der Waals surface area contributed by atoms with Crippen LogP contribution in [0.5, 0.6) is 0 Å². The molecule has 14 nitrogen and oxygen atoms in total. The molecular formula is C88H58FeN8O6S2. The van der Waals surface area contributed by atoms with E-state index in [-0.39, 0.29) is 49.0 Å². The fourth-order valence-corrected chi connectivity index (χ4v) is 15.8. The summed E-state index contributed by atoms with van der Waals surface area (Å²) >= 11 is 0. The molecule has 0 aliphatic carbocycles. The van der Waals surface area contributed by atoms with E-state index < -0.39 is 20.2 Å². The smallest absolute Gasteiger partial charge is 0.744 e. The molecule has 4 aliphatic heterocycles. The maximum atomic E-state index is 13.8. The van der Waals surface area contributed by atoms with Gasteiger partial charge in [0.1, 0.15) is 20.2 Å². The van der Waals surface area contributed by atoms with Crippen LogP contribution in [0.3, 0.4) is 0 Å². The summed E-state index contributed by atoms with van der Waals surface area (Å²) in [5.74, 6) is 0. The van der Waals surface area contributed by atoms with Gasteiger partial charge in [-0.15, -0.1) is 0 Å². The summed E-state index contributed by atoms with van der Waals surface area (Å²) in [6, 6.07) is 96.3. The number of nitrogens with zero attached hydrogens (tertiary/aromatic N) is 6. The second-order valence-electron chi connectivity index (χ2n) is 25.2. The molecule has 105 heavy (non-hydrogen) atoms. The van der Waals surface area contributed by atoms with E-state index in [0.717, 1.165) is 55.5 Å². The molecule has 0 spiro atoms. The van der Waals surface area contributed by atoms with Crippen LogP contribution in [0.4, 0.5) is 0 Å². The van der Waals surface area contributed by atoms with Crippen molar-refractivity contribution in [1.82, 2.24) is 39.0 Å². The van der Waals surface area contributed by atoms with E-state index in [0.29, 0.717) is 90.2 Å². The number of para-hydroxylation sites is 2. The van der Waals surface area contributed by atoms with Crippen molar-refractivity contribution >= 4 is 112 Å². The van der Waals surface area contributed by atoms with Crippen molar-refractivity contribution in [2.75, 3.05) is 0 Å². The topological polar surface area (TPSA) is 207 Å². The summed E-state index contributed by atoms with van der Waals surface area (Å²) in [4.78, 5) is 26.6. The first-order chi connectivity index (χ1) is 50.8. The van der Waals surface area contributed by atoms with E-state index in [2.05, 4.69) is 22.1 Å². The maximum Gasteiger partial charge on any atom is 2.00 e. The zero-order chi connectivity index (χ0) is 70.5. The van der Waals surface area contributed by atoms with Crippen molar-refractivity contribution in [1.29, 1.82) is 0 Å². The molecule has 6 aromatic heterocycles. The molecule has 0 atom stereocenters. The van der Waals surface area contributed by atoms with Crippen LogP contribution in [0.1, 0.15) is 56.7 Å². The van der Waals surface area contributed by atoms with Gasteiger partial charge in [-0.05, 0) is 155 Å². The Balaban J connectivity index is 0.000000160. The normalized spacial score (nSPS) is 12.4. The maximum absolute atomic E-state index is 13.8. The minimum Gasteiger partial charge on any atom is -0.744 e. The molecule has 506 valence electrons. The van der Waals surface area contributed by atoms with Crippen molar-refractivity contribution in [2.24, 2.45) is 0 Å². The van der Waals surface area contributed by atoms with Gasteiger partial charge in [0.15, 0.2) is 0 Å². The van der Waals surface area contributed by atoms with E-state index in [4.69, 9.17) is 19.9 Å². The molecule has 8 aromatic carbocycles. The van der Waals surface area contributed by atoms with Gasteiger partial charge >= 0.3 is 17.1 Å². The van der Waals surface area contributed by atoms with Crippen molar-refractivity contribution in [2.45, 2.75) is 9.79 Å². The second kappa shape index (κ2) is 27.9. The van der Waals surface area contributed by atoms with E-state index in [1.807, 2.05) is 325 Å². The average Bonchev–Trinajstić information content (AvgIpc) is 1.56. The van der Waals surface area contributed by atoms with Gasteiger partial charge in [0, 0.05) is 66.8 Å². The van der Waals surface area contributed by atoms with Crippen LogP contribution in [-0.2, 0) is 37.3 Å². The summed E-state index contributed by atoms with van der Waals surface area (Å²) in [7, 11) is -10.2. The fourth-order valence-electron chi connectivity index (χ4n) is 14.1. The van der Waals surface area contributed by atoms with E-state index in [1.54, 1.807) is 12.1 Å². The summed E-state index contributed by atoms with van der Waals surface area (Å²) in [5.41, 5.74) is 19.4. The van der Waals surface area contributed by atoms with Gasteiger partial charge in [-0.1, -0.05) is 218 Å². The summed E-state index contributed by atoms with van der Waals surface area (Å²) in [5, 5.41) is 0. The van der Waals surface area contributed by atoms with Crippen molar-refractivity contribution in [3.05, 3.63) is 360 Å². The number of nitrogens with one attached hydrogen (secondary N) is 2. The molecule has 17 heteroatoms. The number of H-pyrrole nitrogens is 2. The number of aromatic nitrogens is 8. The molecule has 10 heterocycles. The first-order valence-corrected chi connectivity index (χ1v) is 36.4. The molecule has 4 aliphatic rings. The monoisotopic (exact) mass is 1440 g/mol. The van der Waals surface area contributed by atoms with Crippen LogP contribution < -0.4 is 0 Å². The Labute approximate surface area is 615 Å². The van der Waals surface area contributed by atoms with Gasteiger partial charge in [-0.25, -0.2) is 36.8 Å². The van der Waals surface area contributed by atoms with Crippen LogP contribution in [0.25, 0.3) is 148 Å². The van der Waals surface area contributed by atoms with E-state index >= 15 is 0 Å². The van der Waals surface area contributed by atoms with Crippen LogP contribution in [0, 0.1) is 0 Å². The molecule has 0 saturated heterocycles. The Morgan fingerprint density at radius 1 is 0.286 bits per heavy atom. The quantitative estimate of drug-likeness (QED) is 0.0978. The zero-order valence-electron chi connectivity index (χ0n) is 55.6. The minimum atomic E-state index is -5.11. The largest absolute Gasteiger partial charge is 2.00 e. The Bertz CT molecular complexity index is 6090. The van der Waals surface area contributed by atoms with Gasteiger partial charge in [0.2, 0.25) is 0 Å². The van der Waals surface area contributed by atoms with Gasteiger partial charge in [-0.2, -0.15) is 0 Å². The second-order valence-corrected chi connectivity index (χ2v) is 27.8.